The Kier molecular flexibility index (Phi) is 7.03. The fraction of sp³-hybridized carbons (Fsp3) is 0.273. The van der Waals surface area contributed by atoms with Gasteiger partial charge in [0.1, 0.15) is 29.9 Å². The largest absolute Gasteiger partial charge is 0.476 e. The maximum absolute atomic E-state index is 13.8. The molecule has 0 aliphatic carbocycles. The van der Waals surface area contributed by atoms with E-state index in [-0.39, 0.29) is 36.3 Å². The molecule has 4 atom stereocenters. The number of nitrogens with one attached hydrogen (secondary N) is 3. The number of carboxylic acid groups (broad SMARTS) is 1. The molecule has 0 saturated heterocycles. The van der Waals surface area contributed by atoms with Crippen LogP contribution in [0, 0.1) is 5.92 Å². The molecule has 7 rings (SSSR count). The summed E-state index contributed by atoms with van der Waals surface area (Å²) >= 11 is 3.62. The number of para-hydroxylation sites is 1. The molecule has 0 saturated carbocycles. The lowest BCUT2D eigenvalue weighted by Gasteiger charge is -2.28. The smallest absolute Gasteiger partial charge is 0.408 e. The van der Waals surface area contributed by atoms with E-state index in [9.17, 15) is 19.5 Å². The zero-order chi connectivity index (χ0) is 31.5. The number of carbonyl (C=O) groups is 3. The maximum atomic E-state index is 13.8. The molecule has 4 N–H and O–H groups in total. The lowest BCUT2D eigenvalue weighted by Crippen LogP contribution is -2.49. The van der Waals surface area contributed by atoms with Crippen molar-refractivity contribution in [2.75, 3.05) is 5.32 Å². The highest BCUT2D eigenvalue weighted by atomic mass is 79.9. The molecule has 3 aliphatic heterocycles. The van der Waals surface area contributed by atoms with Crippen LogP contribution in [-0.4, -0.2) is 40.3 Å². The third-order valence-electron chi connectivity index (χ3n) is 8.52. The molecule has 45 heavy (non-hydrogen) atoms. The lowest BCUT2D eigenvalue weighted by molar-refractivity contribution is -0.124. The molecule has 2 amide bonds. The predicted octanol–water partition coefficient (Wildman–Crippen LogP) is 5.28. The number of hydrogen-bond donors (Lipinski definition) is 4. The van der Waals surface area contributed by atoms with Crippen molar-refractivity contribution in [1.82, 2.24) is 15.6 Å². The van der Waals surface area contributed by atoms with Gasteiger partial charge in [0.25, 0.3) is 0 Å². The fourth-order valence-corrected chi connectivity index (χ4v) is 6.87. The van der Waals surface area contributed by atoms with Crippen LogP contribution in [0.25, 0.3) is 0 Å². The van der Waals surface area contributed by atoms with E-state index in [1.165, 1.54) is 0 Å². The van der Waals surface area contributed by atoms with Gasteiger partial charge in [-0.15, -0.1) is 0 Å². The highest BCUT2D eigenvalue weighted by Gasteiger charge is 2.61. The van der Waals surface area contributed by atoms with Crippen molar-refractivity contribution >= 4 is 39.6 Å². The minimum atomic E-state index is -1.27. The van der Waals surface area contributed by atoms with E-state index in [1.54, 1.807) is 6.07 Å². The topological polar surface area (TPSA) is 152 Å². The average Bonchev–Trinajstić information content (AvgIpc) is 3.68. The number of halogens is 1. The number of alkyl carbamates (subject to hydrolysis) is 1. The zero-order valence-corrected chi connectivity index (χ0v) is 25.9. The first kappa shape index (κ1) is 28.9. The van der Waals surface area contributed by atoms with Gasteiger partial charge in [-0.2, -0.15) is 0 Å². The zero-order valence-electron chi connectivity index (χ0n) is 24.3. The SMILES string of the molecule is CC(C)[C@@H]1NC(=O)[C@@H](NC(=O)OCc2ccccc2)Cc2ccc3c(c2)[C@@]2(c4cccc(Br)c4NC2O3)c2oc1nc2C(=O)O. The minimum Gasteiger partial charge on any atom is -0.476 e. The molecule has 230 valence electrons. The van der Waals surface area contributed by atoms with Crippen LogP contribution in [0.4, 0.5) is 10.5 Å². The first-order valence-corrected chi connectivity index (χ1v) is 15.3. The second kappa shape index (κ2) is 11.0. The second-order valence-corrected chi connectivity index (χ2v) is 12.5. The second-order valence-electron chi connectivity index (χ2n) is 11.7. The standard InChI is InChI=1S/C33H29BrN4O7/c1-16(2)24-29-37-26(30(40)41)27(45-29)33-19-9-6-10-21(34)25(19)38-31(33)44-23-12-11-18(13-20(23)33)14-22(28(39)36-24)35-32(42)43-15-17-7-4-3-5-8-17/h3-13,16,22,24,31,38H,14-15H2,1-2H3,(H,35,42)(H,36,39)(H,40,41)/t22-,24-,31?,33-/m0/s1. The van der Waals surface area contributed by atoms with Crippen LogP contribution in [-0.2, 0) is 28.0 Å². The summed E-state index contributed by atoms with van der Waals surface area (Å²) < 4.78 is 19.1. The number of aromatic carboxylic acids is 1. The van der Waals surface area contributed by atoms with Crippen LogP contribution in [0.3, 0.4) is 0 Å². The van der Waals surface area contributed by atoms with Crippen molar-refractivity contribution in [2.24, 2.45) is 5.92 Å². The van der Waals surface area contributed by atoms with Crippen LogP contribution in [0.1, 0.15) is 64.3 Å². The van der Waals surface area contributed by atoms with Gasteiger partial charge in [-0.3, -0.25) is 4.79 Å². The molecule has 1 aromatic heterocycles. The number of carbonyl (C=O) groups excluding carboxylic acids is 2. The van der Waals surface area contributed by atoms with Crippen molar-refractivity contribution in [3.05, 3.63) is 111 Å². The van der Waals surface area contributed by atoms with Gasteiger partial charge in [0, 0.05) is 22.0 Å². The van der Waals surface area contributed by atoms with E-state index in [1.807, 2.05) is 74.5 Å². The third kappa shape index (κ3) is 4.71. The van der Waals surface area contributed by atoms with Crippen molar-refractivity contribution in [1.29, 1.82) is 0 Å². The highest BCUT2D eigenvalue weighted by Crippen LogP contribution is 2.59. The summed E-state index contributed by atoms with van der Waals surface area (Å²) in [4.78, 5) is 44.0. The number of fused-ring (bicyclic) bond motifs is 4. The van der Waals surface area contributed by atoms with E-state index in [0.29, 0.717) is 16.9 Å². The number of benzene rings is 3. The molecule has 1 spiro atoms. The average molecular weight is 674 g/mol. The molecule has 4 bridgehead atoms. The third-order valence-corrected chi connectivity index (χ3v) is 9.18. The first-order valence-electron chi connectivity index (χ1n) is 14.5. The molecule has 0 fully saturated rings. The van der Waals surface area contributed by atoms with Gasteiger partial charge in [-0.25, -0.2) is 14.6 Å². The van der Waals surface area contributed by atoms with E-state index >= 15 is 0 Å². The van der Waals surface area contributed by atoms with Gasteiger partial charge in [-0.05, 0) is 45.1 Å². The first-order chi connectivity index (χ1) is 21.7. The van der Waals surface area contributed by atoms with Crippen LogP contribution in [0.2, 0.25) is 0 Å². The van der Waals surface area contributed by atoms with Gasteiger partial charge >= 0.3 is 12.1 Å². The quantitative estimate of drug-likeness (QED) is 0.222. The van der Waals surface area contributed by atoms with Crippen molar-refractivity contribution in [2.45, 2.75) is 50.6 Å². The summed E-state index contributed by atoms with van der Waals surface area (Å²) in [5.41, 5.74) is 2.18. The van der Waals surface area contributed by atoms with Gasteiger partial charge in [0.15, 0.2) is 17.7 Å². The molecule has 11 nitrogen and oxygen atoms in total. The molecule has 3 aromatic carbocycles. The number of hydrogen-bond acceptors (Lipinski definition) is 8. The fourth-order valence-electron chi connectivity index (χ4n) is 6.39. The van der Waals surface area contributed by atoms with Crippen LogP contribution in [0.15, 0.2) is 75.6 Å². The summed E-state index contributed by atoms with van der Waals surface area (Å²) in [6.45, 7) is 3.76. The molecule has 1 unspecified atom stereocenters. The maximum Gasteiger partial charge on any atom is 0.408 e. The normalized spacial score (nSPS) is 22.6. The Labute approximate surface area is 266 Å². The minimum absolute atomic E-state index is 0.0365. The Hall–Kier alpha value is -4.84. The summed E-state index contributed by atoms with van der Waals surface area (Å²) in [6.07, 6.45) is -1.37. The van der Waals surface area contributed by atoms with Crippen molar-refractivity contribution < 1.29 is 33.4 Å². The Morgan fingerprint density at radius 2 is 1.91 bits per heavy atom. The van der Waals surface area contributed by atoms with Gasteiger partial charge in [0.2, 0.25) is 11.8 Å². The summed E-state index contributed by atoms with van der Waals surface area (Å²) in [5.74, 6) is -1.34. The highest BCUT2D eigenvalue weighted by molar-refractivity contribution is 9.10. The summed E-state index contributed by atoms with van der Waals surface area (Å²) in [7, 11) is 0. The van der Waals surface area contributed by atoms with Crippen LogP contribution >= 0.6 is 15.9 Å². The number of amides is 2. The van der Waals surface area contributed by atoms with Gasteiger partial charge in [0.05, 0.1) is 5.69 Å². The lowest BCUT2D eigenvalue weighted by atomic mass is 9.72. The Bertz CT molecular complexity index is 1840. The van der Waals surface area contributed by atoms with E-state index < -0.39 is 41.7 Å². The van der Waals surface area contributed by atoms with Gasteiger partial charge < -0.3 is 34.9 Å². The number of aromatic nitrogens is 1. The number of oxazole rings is 1. The molecule has 12 heteroatoms. The summed E-state index contributed by atoms with van der Waals surface area (Å²) in [5, 5.41) is 19.5. The Morgan fingerprint density at radius 3 is 2.67 bits per heavy atom. The summed E-state index contributed by atoms with van der Waals surface area (Å²) in [6, 6.07) is 18.5. The van der Waals surface area contributed by atoms with E-state index in [4.69, 9.17) is 13.9 Å². The Balaban J connectivity index is 1.36. The number of rotatable bonds is 5. The number of ether oxygens (including phenoxy) is 2. The van der Waals surface area contributed by atoms with Crippen molar-refractivity contribution in [3.63, 3.8) is 0 Å². The monoisotopic (exact) mass is 672 g/mol. The number of anilines is 1. The van der Waals surface area contributed by atoms with E-state index in [2.05, 4.69) is 36.9 Å². The predicted molar refractivity (Wildman–Crippen MR) is 165 cm³/mol. The molecular formula is C33H29BrN4O7. The molecular weight excluding hydrogens is 644 g/mol. The molecule has 4 heterocycles. The van der Waals surface area contributed by atoms with Crippen molar-refractivity contribution in [3.8, 4) is 5.75 Å². The van der Waals surface area contributed by atoms with Gasteiger partial charge in [-0.1, -0.05) is 68.4 Å². The number of carboxylic acids is 1. The molecule has 3 aliphatic rings. The van der Waals surface area contributed by atoms with Crippen LogP contribution in [0.5, 0.6) is 5.75 Å². The number of nitrogens with zero attached hydrogens (tertiary/aromatic N) is 1. The molecule has 0 radical (unpaired) electrons. The van der Waals surface area contributed by atoms with E-state index in [0.717, 1.165) is 21.3 Å². The Morgan fingerprint density at radius 1 is 1.11 bits per heavy atom. The molecule has 4 aromatic rings. The van der Waals surface area contributed by atoms with Crippen LogP contribution < -0.4 is 20.7 Å².